The van der Waals surface area contributed by atoms with Crippen molar-refractivity contribution >= 4 is 12.0 Å². The fourth-order valence-electron chi connectivity index (χ4n) is 1.95. The molecule has 0 fully saturated rings. The molecule has 1 N–H and O–H groups in total. The molecule has 2 nitrogen and oxygen atoms in total. The fourth-order valence-corrected chi connectivity index (χ4v) is 1.95. The van der Waals surface area contributed by atoms with Crippen molar-refractivity contribution in [2.75, 3.05) is 0 Å². The Labute approximate surface area is 89.2 Å². The van der Waals surface area contributed by atoms with Gasteiger partial charge in [0.15, 0.2) is 0 Å². The number of aryl methyl sites for hydroxylation is 1. The first kappa shape index (κ1) is 9.97. The highest BCUT2D eigenvalue weighted by atomic mass is 16.4. The molecule has 15 heavy (non-hydrogen) atoms. The van der Waals surface area contributed by atoms with Crippen molar-refractivity contribution in [2.24, 2.45) is 0 Å². The summed E-state index contributed by atoms with van der Waals surface area (Å²) in [4.78, 5) is 10.5. The maximum Gasteiger partial charge on any atom is 0.303 e. The van der Waals surface area contributed by atoms with Crippen molar-refractivity contribution < 1.29 is 9.90 Å². The average molecular weight is 202 g/mol. The topological polar surface area (TPSA) is 37.3 Å². The van der Waals surface area contributed by atoms with Gasteiger partial charge in [0.05, 0.1) is 0 Å². The van der Waals surface area contributed by atoms with Gasteiger partial charge in [-0.15, -0.1) is 0 Å². The Bertz CT molecular complexity index is 405. The Morgan fingerprint density at radius 3 is 2.87 bits per heavy atom. The maximum atomic E-state index is 10.5. The Morgan fingerprint density at radius 2 is 2.07 bits per heavy atom. The molecule has 0 saturated carbocycles. The molecule has 0 unspecified atom stereocenters. The van der Waals surface area contributed by atoms with E-state index in [1.807, 2.05) is 6.07 Å². The van der Waals surface area contributed by atoms with Crippen molar-refractivity contribution in [1.29, 1.82) is 0 Å². The van der Waals surface area contributed by atoms with Gasteiger partial charge in [-0.1, -0.05) is 35.9 Å². The van der Waals surface area contributed by atoms with Gasteiger partial charge < -0.3 is 5.11 Å². The number of benzene rings is 1. The Balaban J connectivity index is 2.11. The molecule has 0 atom stereocenters. The van der Waals surface area contributed by atoms with E-state index >= 15 is 0 Å². The van der Waals surface area contributed by atoms with Crippen LogP contribution in [0.2, 0.25) is 0 Å². The number of hydrogen-bond acceptors (Lipinski definition) is 1. The van der Waals surface area contributed by atoms with E-state index in [-0.39, 0.29) is 6.42 Å². The largest absolute Gasteiger partial charge is 0.481 e. The predicted molar refractivity (Wildman–Crippen MR) is 59.6 cm³/mol. The molecule has 0 amide bonds. The van der Waals surface area contributed by atoms with Gasteiger partial charge in [0.2, 0.25) is 0 Å². The summed E-state index contributed by atoms with van der Waals surface area (Å²) >= 11 is 0. The van der Waals surface area contributed by atoms with E-state index in [9.17, 15) is 4.79 Å². The first-order chi connectivity index (χ1) is 7.25. The van der Waals surface area contributed by atoms with Gasteiger partial charge in [-0.3, -0.25) is 4.79 Å². The van der Waals surface area contributed by atoms with Gasteiger partial charge in [-0.2, -0.15) is 0 Å². The minimum atomic E-state index is -0.713. The summed E-state index contributed by atoms with van der Waals surface area (Å²) in [5.41, 5.74) is 3.89. The first-order valence-corrected chi connectivity index (χ1v) is 5.25. The molecule has 0 saturated heterocycles. The first-order valence-electron chi connectivity index (χ1n) is 5.25. The molecule has 0 radical (unpaired) electrons. The SMILES string of the molecule is O=C(O)CCC1=Cc2ccccc2CC1. The van der Waals surface area contributed by atoms with Crippen molar-refractivity contribution in [3.8, 4) is 0 Å². The number of aliphatic carboxylic acids is 1. The van der Waals surface area contributed by atoms with Crippen LogP contribution in [0.15, 0.2) is 29.8 Å². The van der Waals surface area contributed by atoms with Gasteiger partial charge in [0, 0.05) is 6.42 Å². The number of hydrogen-bond donors (Lipinski definition) is 1. The van der Waals surface area contributed by atoms with Crippen LogP contribution in [-0.4, -0.2) is 11.1 Å². The Kier molecular flexibility index (Phi) is 2.86. The van der Waals surface area contributed by atoms with Crippen LogP contribution in [-0.2, 0) is 11.2 Å². The molecule has 1 aliphatic carbocycles. The summed E-state index contributed by atoms with van der Waals surface area (Å²) in [5, 5.41) is 8.61. The summed E-state index contributed by atoms with van der Waals surface area (Å²) in [5.74, 6) is -0.713. The lowest BCUT2D eigenvalue weighted by atomic mass is 9.90. The molecule has 2 heteroatoms. The lowest BCUT2D eigenvalue weighted by Gasteiger charge is -2.15. The van der Waals surface area contributed by atoms with Crippen LogP contribution in [0, 0.1) is 0 Å². The second kappa shape index (κ2) is 4.30. The predicted octanol–water partition coefficient (Wildman–Crippen LogP) is 2.88. The summed E-state index contributed by atoms with van der Waals surface area (Å²) in [6.07, 6.45) is 5.12. The molecule has 78 valence electrons. The number of carbonyl (C=O) groups is 1. The molecule has 0 bridgehead atoms. The third-order valence-electron chi connectivity index (χ3n) is 2.79. The molecular weight excluding hydrogens is 188 g/mol. The zero-order chi connectivity index (χ0) is 10.7. The lowest BCUT2D eigenvalue weighted by molar-refractivity contribution is -0.136. The zero-order valence-electron chi connectivity index (χ0n) is 8.57. The van der Waals surface area contributed by atoms with E-state index in [0.29, 0.717) is 6.42 Å². The number of rotatable bonds is 3. The van der Waals surface area contributed by atoms with Crippen LogP contribution in [0.5, 0.6) is 0 Å². The van der Waals surface area contributed by atoms with Crippen molar-refractivity contribution in [3.05, 3.63) is 41.0 Å². The van der Waals surface area contributed by atoms with E-state index in [1.165, 1.54) is 16.7 Å². The Morgan fingerprint density at radius 1 is 1.27 bits per heavy atom. The third-order valence-corrected chi connectivity index (χ3v) is 2.79. The standard InChI is InChI=1S/C13H14O2/c14-13(15)8-6-10-5-7-11-3-1-2-4-12(11)9-10/h1-4,9H,5-8H2,(H,14,15). The van der Waals surface area contributed by atoms with Crippen LogP contribution >= 0.6 is 0 Å². The minimum Gasteiger partial charge on any atom is -0.481 e. The smallest absolute Gasteiger partial charge is 0.303 e. The van der Waals surface area contributed by atoms with Gasteiger partial charge in [-0.25, -0.2) is 0 Å². The van der Waals surface area contributed by atoms with Crippen LogP contribution in [0.4, 0.5) is 0 Å². The van der Waals surface area contributed by atoms with Crippen LogP contribution in [0.1, 0.15) is 30.4 Å². The molecule has 2 rings (SSSR count). The van der Waals surface area contributed by atoms with E-state index in [4.69, 9.17) is 5.11 Å². The summed E-state index contributed by atoms with van der Waals surface area (Å²) < 4.78 is 0. The van der Waals surface area contributed by atoms with E-state index in [2.05, 4.69) is 24.3 Å². The summed E-state index contributed by atoms with van der Waals surface area (Å²) in [7, 11) is 0. The lowest BCUT2D eigenvalue weighted by Crippen LogP contribution is -2.01. The normalized spacial score (nSPS) is 14.3. The molecule has 0 aromatic heterocycles. The highest BCUT2D eigenvalue weighted by Gasteiger charge is 2.10. The molecule has 0 heterocycles. The van der Waals surface area contributed by atoms with E-state index in [1.54, 1.807) is 0 Å². The molecule has 0 aliphatic heterocycles. The quantitative estimate of drug-likeness (QED) is 0.818. The van der Waals surface area contributed by atoms with Crippen LogP contribution < -0.4 is 0 Å². The molecule has 0 spiro atoms. The number of fused-ring (bicyclic) bond motifs is 1. The number of carboxylic acid groups (broad SMARTS) is 1. The third kappa shape index (κ3) is 2.46. The van der Waals surface area contributed by atoms with Crippen LogP contribution in [0.3, 0.4) is 0 Å². The van der Waals surface area contributed by atoms with E-state index < -0.39 is 5.97 Å². The van der Waals surface area contributed by atoms with Gasteiger partial charge in [-0.05, 0) is 30.4 Å². The van der Waals surface area contributed by atoms with E-state index in [0.717, 1.165) is 12.8 Å². The van der Waals surface area contributed by atoms with Gasteiger partial charge in [0.1, 0.15) is 0 Å². The second-order valence-corrected chi connectivity index (χ2v) is 3.90. The molecular formula is C13H14O2. The van der Waals surface area contributed by atoms with Gasteiger partial charge >= 0.3 is 5.97 Å². The van der Waals surface area contributed by atoms with Crippen molar-refractivity contribution in [3.63, 3.8) is 0 Å². The average Bonchev–Trinajstić information content (AvgIpc) is 2.26. The fraction of sp³-hybridized carbons (Fsp3) is 0.308. The summed E-state index contributed by atoms with van der Waals surface area (Å²) in [6.45, 7) is 0. The number of allylic oxidation sites excluding steroid dienone is 1. The maximum absolute atomic E-state index is 10.5. The zero-order valence-corrected chi connectivity index (χ0v) is 8.57. The number of carboxylic acids is 1. The second-order valence-electron chi connectivity index (χ2n) is 3.90. The molecule has 1 aromatic rings. The van der Waals surface area contributed by atoms with Crippen molar-refractivity contribution in [2.45, 2.75) is 25.7 Å². The van der Waals surface area contributed by atoms with Crippen LogP contribution in [0.25, 0.3) is 6.08 Å². The Hall–Kier alpha value is -1.57. The van der Waals surface area contributed by atoms with Gasteiger partial charge in [0.25, 0.3) is 0 Å². The molecule has 1 aromatic carbocycles. The highest BCUT2D eigenvalue weighted by molar-refractivity contribution is 5.68. The monoisotopic (exact) mass is 202 g/mol. The minimum absolute atomic E-state index is 0.244. The van der Waals surface area contributed by atoms with Crippen molar-refractivity contribution in [1.82, 2.24) is 0 Å². The highest BCUT2D eigenvalue weighted by Crippen LogP contribution is 2.25. The summed E-state index contributed by atoms with van der Waals surface area (Å²) in [6, 6.07) is 8.31. The molecule has 1 aliphatic rings.